The van der Waals surface area contributed by atoms with Crippen molar-refractivity contribution in [1.29, 1.82) is 0 Å². The zero-order chi connectivity index (χ0) is 10.4. The van der Waals surface area contributed by atoms with E-state index in [0.717, 1.165) is 10.7 Å². The molecule has 76 valence electrons. The number of hydrogen-bond acceptors (Lipinski definition) is 5. The molecule has 0 aliphatic heterocycles. The minimum absolute atomic E-state index is 0.00510. The highest BCUT2D eigenvalue weighted by atomic mass is 32.2. The van der Waals surface area contributed by atoms with Crippen LogP contribution in [0.4, 0.5) is 0 Å². The molecule has 0 aliphatic carbocycles. The van der Waals surface area contributed by atoms with Gasteiger partial charge in [0.1, 0.15) is 5.03 Å². The number of carbonyl (C=O) groups excluding carboxylic acids is 1. The normalized spacial score (nSPS) is 9.86. The number of aromatic nitrogens is 2. The molecule has 1 aromatic rings. The fourth-order valence-corrected chi connectivity index (χ4v) is 1.43. The molecule has 3 N–H and O–H groups in total. The van der Waals surface area contributed by atoms with Gasteiger partial charge in [-0.25, -0.2) is 4.98 Å². The van der Waals surface area contributed by atoms with Gasteiger partial charge in [0, 0.05) is 12.4 Å². The van der Waals surface area contributed by atoms with Crippen molar-refractivity contribution in [2.75, 3.05) is 12.8 Å². The highest BCUT2D eigenvalue weighted by molar-refractivity contribution is 7.98. The number of nitrogens with one attached hydrogen (secondary N) is 1. The Morgan fingerprint density at radius 1 is 1.57 bits per heavy atom. The maximum Gasteiger partial charge on any atom is 0.234 e. The fourth-order valence-electron chi connectivity index (χ4n) is 0.900. The average molecular weight is 212 g/mol. The lowest BCUT2D eigenvalue weighted by atomic mass is 10.4. The molecule has 1 amide bonds. The van der Waals surface area contributed by atoms with Gasteiger partial charge in [0.2, 0.25) is 5.91 Å². The number of rotatable bonds is 4. The average Bonchev–Trinajstić information content (AvgIpc) is 2.26. The third-order valence-electron chi connectivity index (χ3n) is 1.57. The Labute approximate surface area is 86.5 Å². The van der Waals surface area contributed by atoms with Crippen molar-refractivity contribution in [3.8, 4) is 0 Å². The minimum Gasteiger partial charge on any atom is -0.349 e. The van der Waals surface area contributed by atoms with E-state index in [1.54, 1.807) is 12.4 Å². The van der Waals surface area contributed by atoms with Crippen LogP contribution in [0.1, 0.15) is 5.69 Å². The number of carbonyl (C=O) groups is 1. The fraction of sp³-hybridized carbons (Fsp3) is 0.375. The van der Waals surface area contributed by atoms with E-state index < -0.39 is 0 Å². The molecule has 14 heavy (non-hydrogen) atoms. The largest absolute Gasteiger partial charge is 0.349 e. The molecular weight excluding hydrogens is 200 g/mol. The number of thioether (sulfide) groups is 1. The standard InChI is InChI=1S/C8H12N4OS/c1-14-8-6(10-2-3-11-8)5-12-7(13)4-9/h2-3H,4-5,9H2,1H3,(H,12,13). The Kier molecular flexibility index (Phi) is 4.34. The highest BCUT2D eigenvalue weighted by Gasteiger charge is 2.04. The topological polar surface area (TPSA) is 80.9 Å². The predicted octanol–water partition coefficient (Wildman–Crippen LogP) is -0.227. The molecule has 0 saturated carbocycles. The second kappa shape index (κ2) is 5.56. The van der Waals surface area contributed by atoms with E-state index in [2.05, 4.69) is 15.3 Å². The lowest BCUT2D eigenvalue weighted by molar-refractivity contribution is -0.119. The Morgan fingerprint density at radius 3 is 2.93 bits per heavy atom. The summed E-state index contributed by atoms with van der Waals surface area (Å²) < 4.78 is 0. The van der Waals surface area contributed by atoms with E-state index in [4.69, 9.17) is 5.73 Å². The van der Waals surface area contributed by atoms with Crippen LogP contribution >= 0.6 is 11.8 Å². The Hall–Kier alpha value is -1.14. The van der Waals surface area contributed by atoms with E-state index in [0.29, 0.717) is 6.54 Å². The molecule has 0 unspecified atom stereocenters. The maximum absolute atomic E-state index is 10.9. The molecule has 0 bridgehead atoms. The molecular formula is C8H12N4OS. The summed E-state index contributed by atoms with van der Waals surface area (Å²) in [6, 6.07) is 0. The summed E-state index contributed by atoms with van der Waals surface area (Å²) in [6.07, 6.45) is 5.14. The van der Waals surface area contributed by atoms with Crippen LogP contribution in [0, 0.1) is 0 Å². The quantitative estimate of drug-likeness (QED) is 0.674. The van der Waals surface area contributed by atoms with Gasteiger partial charge < -0.3 is 11.1 Å². The second-order valence-electron chi connectivity index (χ2n) is 2.49. The number of hydrogen-bond donors (Lipinski definition) is 2. The molecule has 0 saturated heterocycles. The molecule has 0 radical (unpaired) electrons. The van der Waals surface area contributed by atoms with Gasteiger partial charge in [0.05, 0.1) is 18.8 Å². The molecule has 1 aromatic heterocycles. The van der Waals surface area contributed by atoms with Crippen molar-refractivity contribution >= 4 is 17.7 Å². The highest BCUT2D eigenvalue weighted by Crippen LogP contribution is 2.13. The lowest BCUT2D eigenvalue weighted by Crippen LogP contribution is -2.30. The molecule has 0 aliphatic rings. The van der Waals surface area contributed by atoms with Crippen LogP contribution < -0.4 is 11.1 Å². The zero-order valence-electron chi connectivity index (χ0n) is 7.86. The Balaban J connectivity index is 2.61. The number of nitrogens with two attached hydrogens (primary N) is 1. The first-order valence-electron chi connectivity index (χ1n) is 4.08. The van der Waals surface area contributed by atoms with Crippen LogP contribution in [0.2, 0.25) is 0 Å². The summed E-state index contributed by atoms with van der Waals surface area (Å²) in [5.41, 5.74) is 5.92. The minimum atomic E-state index is -0.192. The third kappa shape index (κ3) is 2.97. The summed E-state index contributed by atoms with van der Waals surface area (Å²) in [5, 5.41) is 3.47. The summed E-state index contributed by atoms with van der Waals surface area (Å²) >= 11 is 1.50. The Morgan fingerprint density at radius 2 is 2.29 bits per heavy atom. The number of nitrogens with zero attached hydrogens (tertiary/aromatic N) is 2. The van der Waals surface area contributed by atoms with Crippen LogP contribution in [-0.2, 0) is 11.3 Å². The predicted molar refractivity (Wildman–Crippen MR) is 54.7 cm³/mol. The monoisotopic (exact) mass is 212 g/mol. The first kappa shape index (κ1) is 10.9. The van der Waals surface area contributed by atoms with Gasteiger partial charge in [0.25, 0.3) is 0 Å². The van der Waals surface area contributed by atoms with Crippen molar-refractivity contribution in [2.24, 2.45) is 5.73 Å². The van der Waals surface area contributed by atoms with Crippen molar-refractivity contribution in [3.05, 3.63) is 18.1 Å². The van der Waals surface area contributed by atoms with Crippen LogP contribution in [0.15, 0.2) is 17.4 Å². The van der Waals surface area contributed by atoms with E-state index in [1.165, 1.54) is 11.8 Å². The molecule has 0 fully saturated rings. The summed E-state index contributed by atoms with van der Waals surface area (Å²) in [6.45, 7) is 0.370. The maximum atomic E-state index is 10.9. The summed E-state index contributed by atoms with van der Waals surface area (Å²) in [5.74, 6) is -0.192. The van der Waals surface area contributed by atoms with E-state index in [9.17, 15) is 4.79 Å². The van der Waals surface area contributed by atoms with E-state index in [-0.39, 0.29) is 12.5 Å². The van der Waals surface area contributed by atoms with Crippen LogP contribution in [-0.4, -0.2) is 28.7 Å². The summed E-state index contributed by atoms with van der Waals surface area (Å²) in [7, 11) is 0. The number of amides is 1. The van der Waals surface area contributed by atoms with Gasteiger partial charge in [-0.05, 0) is 6.26 Å². The molecule has 0 atom stereocenters. The molecule has 0 aromatic carbocycles. The summed E-state index contributed by atoms with van der Waals surface area (Å²) in [4.78, 5) is 19.1. The molecule has 5 nitrogen and oxygen atoms in total. The van der Waals surface area contributed by atoms with Crippen LogP contribution in [0.25, 0.3) is 0 Å². The van der Waals surface area contributed by atoms with Gasteiger partial charge in [0.15, 0.2) is 0 Å². The first-order chi connectivity index (χ1) is 6.77. The molecule has 0 spiro atoms. The zero-order valence-corrected chi connectivity index (χ0v) is 8.67. The van der Waals surface area contributed by atoms with Crippen molar-refractivity contribution in [3.63, 3.8) is 0 Å². The van der Waals surface area contributed by atoms with E-state index >= 15 is 0 Å². The van der Waals surface area contributed by atoms with Crippen molar-refractivity contribution < 1.29 is 4.79 Å². The lowest BCUT2D eigenvalue weighted by Gasteiger charge is -2.05. The van der Waals surface area contributed by atoms with Gasteiger partial charge in [-0.15, -0.1) is 11.8 Å². The molecule has 6 heteroatoms. The first-order valence-corrected chi connectivity index (χ1v) is 5.31. The van der Waals surface area contributed by atoms with Gasteiger partial charge >= 0.3 is 0 Å². The van der Waals surface area contributed by atoms with Gasteiger partial charge in [-0.1, -0.05) is 0 Å². The van der Waals surface area contributed by atoms with Crippen molar-refractivity contribution in [2.45, 2.75) is 11.6 Å². The molecule has 1 heterocycles. The van der Waals surface area contributed by atoms with Crippen LogP contribution in [0.3, 0.4) is 0 Å². The van der Waals surface area contributed by atoms with Crippen molar-refractivity contribution in [1.82, 2.24) is 15.3 Å². The van der Waals surface area contributed by atoms with Gasteiger partial charge in [-0.3, -0.25) is 9.78 Å². The molecule has 1 rings (SSSR count). The van der Waals surface area contributed by atoms with E-state index in [1.807, 2.05) is 6.26 Å². The Bertz CT molecular complexity index is 318. The van der Waals surface area contributed by atoms with Gasteiger partial charge in [-0.2, -0.15) is 0 Å². The van der Waals surface area contributed by atoms with Crippen LogP contribution in [0.5, 0.6) is 0 Å². The SMILES string of the molecule is CSc1nccnc1CNC(=O)CN. The second-order valence-corrected chi connectivity index (χ2v) is 3.29. The smallest absolute Gasteiger partial charge is 0.234 e. The third-order valence-corrected chi connectivity index (χ3v) is 2.30.